The highest BCUT2D eigenvalue weighted by Gasteiger charge is 2.26. The normalized spacial score (nSPS) is 27.9. The van der Waals surface area contributed by atoms with Crippen molar-refractivity contribution >= 4 is 5.69 Å². The number of aliphatic hydroxyl groups excluding tert-OH is 1. The van der Waals surface area contributed by atoms with E-state index in [-0.39, 0.29) is 6.10 Å². The summed E-state index contributed by atoms with van der Waals surface area (Å²) in [6.07, 6.45) is 7.07. The van der Waals surface area contributed by atoms with Crippen LogP contribution in [0.4, 0.5) is 5.69 Å². The molecule has 0 aromatic heterocycles. The minimum absolute atomic E-state index is 0.0761. The second-order valence-corrected chi connectivity index (χ2v) is 5.79. The standard InChI is InChI=1S/C16H23NO/c18-16-10-4-2-7-14(16)12-17-11-5-8-13-6-1-3-9-15(13)17/h1,3,6,9,14,16,18H,2,4-5,7-8,10-12H2. The molecule has 0 saturated heterocycles. The Morgan fingerprint density at radius 3 is 2.83 bits per heavy atom. The summed E-state index contributed by atoms with van der Waals surface area (Å²) in [6.45, 7) is 2.19. The van der Waals surface area contributed by atoms with Crippen molar-refractivity contribution in [2.24, 2.45) is 5.92 Å². The van der Waals surface area contributed by atoms with Crippen molar-refractivity contribution in [3.63, 3.8) is 0 Å². The van der Waals surface area contributed by atoms with Crippen molar-refractivity contribution in [3.8, 4) is 0 Å². The molecule has 1 heterocycles. The summed E-state index contributed by atoms with van der Waals surface area (Å²) in [7, 11) is 0. The van der Waals surface area contributed by atoms with E-state index < -0.39 is 0 Å². The fourth-order valence-electron chi connectivity index (χ4n) is 3.49. The molecule has 1 fully saturated rings. The van der Waals surface area contributed by atoms with Crippen molar-refractivity contribution in [1.82, 2.24) is 0 Å². The van der Waals surface area contributed by atoms with Crippen LogP contribution in [0.5, 0.6) is 0 Å². The van der Waals surface area contributed by atoms with Gasteiger partial charge in [-0.3, -0.25) is 0 Å². The average molecular weight is 245 g/mol. The Kier molecular flexibility index (Phi) is 3.55. The minimum Gasteiger partial charge on any atom is -0.393 e. The quantitative estimate of drug-likeness (QED) is 0.866. The summed E-state index contributed by atoms with van der Waals surface area (Å²) >= 11 is 0. The number of nitrogens with zero attached hydrogens (tertiary/aromatic N) is 1. The fourth-order valence-corrected chi connectivity index (χ4v) is 3.49. The summed E-state index contributed by atoms with van der Waals surface area (Å²) in [5, 5.41) is 10.1. The van der Waals surface area contributed by atoms with Crippen LogP contribution in [-0.4, -0.2) is 24.3 Å². The first-order valence-corrected chi connectivity index (χ1v) is 7.35. The van der Waals surface area contributed by atoms with Gasteiger partial charge in [0.15, 0.2) is 0 Å². The molecule has 98 valence electrons. The van der Waals surface area contributed by atoms with Crippen molar-refractivity contribution in [2.75, 3.05) is 18.0 Å². The van der Waals surface area contributed by atoms with E-state index in [4.69, 9.17) is 0 Å². The van der Waals surface area contributed by atoms with Crippen molar-refractivity contribution in [3.05, 3.63) is 29.8 Å². The molecule has 1 aromatic carbocycles. The Balaban J connectivity index is 1.73. The van der Waals surface area contributed by atoms with E-state index in [9.17, 15) is 5.11 Å². The van der Waals surface area contributed by atoms with Gasteiger partial charge in [-0.15, -0.1) is 0 Å². The van der Waals surface area contributed by atoms with E-state index in [1.54, 1.807) is 0 Å². The summed E-state index contributed by atoms with van der Waals surface area (Å²) in [5.41, 5.74) is 2.88. The van der Waals surface area contributed by atoms with Gasteiger partial charge in [0.2, 0.25) is 0 Å². The van der Waals surface area contributed by atoms with Gasteiger partial charge < -0.3 is 10.0 Å². The molecular formula is C16H23NO. The maximum atomic E-state index is 10.1. The van der Waals surface area contributed by atoms with E-state index in [0.717, 1.165) is 19.5 Å². The third-order valence-corrected chi connectivity index (χ3v) is 4.53. The summed E-state index contributed by atoms with van der Waals surface area (Å²) in [5.74, 6) is 0.477. The van der Waals surface area contributed by atoms with Crippen LogP contribution in [0, 0.1) is 5.92 Å². The monoisotopic (exact) mass is 245 g/mol. The van der Waals surface area contributed by atoms with Crippen molar-refractivity contribution in [2.45, 2.75) is 44.6 Å². The zero-order valence-corrected chi connectivity index (χ0v) is 11.0. The highest BCUT2D eigenvalue weighted by molar-refractivity contribution is 5.55. The topological polar surface area (TPSA) is 23.5 Å². The Bertz CT molecular complexity index is 404. The Labute approximate surface area is 110 Å². The van der Waals surface area contributed by atoms with Crippen LogP contribution < -0.4 is 4.90 Å². The van der Waals surface area contributed by atoms with Gasteiger partial charge in [0, 0.05) is 24.7 Å². The van der Waals surface area contributed by atoms with Gasteiger partial charge in [-0.05, 0) is 37.3 Å². The molecular weight excluding hydrogens is 222 g/mol. The first kappa shape index (κ1) is 12.0. The molecule has 0 amide bonds. The largest absolute Gasteiger partial charge is 0.393 e. The molecule has 2 heteroatoms. The molecule has 2 unspecified atom stereocenters. The molecule has 2 aliphatic rings. The van der Waals surface area contributed by atoms with Gasteiger partial charge >= 0.3 is 0 Å². The Hall–Kier alpha value is -1.02. The molecule has 1 aliphatic carbocycles. The number of fused-ring (bicyclic) bond motifs is 1. The maximum Gasteiger partial charge on any atom is 0.0585 e. The van der Waals surface area contributed by atoms with Gasteiger partial charge in [0.25, 0.3) is 0 Å². The van der Waals surface area contributed by atoms with Crippen LogP contribution in [0.3, 0.4) is 0 Å². The molecule has 3 rings (SSSR count). The zero-order valence-electron chi connectivity index (χ0n) is 11.0. The fraction of sp³-hybridized carbons (Fsp3) is 0.625. The van der Waals surface area contributed by atoms with E-state index >= 15 is 0 Å². The third kappa shape index (κ3) is 2.39. The van der Waals surface area contributed by atoms with E-state index in [2.05, 4.69) is 29.2 Å². The Morgan fingerprint density at radius 1 is 1.11 bits per heavy atom. The number of aliphatic hydroxyl groups is 1. The van der Waals surface area contributed by atoms with Gasteiger partial charge in [-0.2, -0.15) is 0 Å². The van der Waals surface area contributed by atoms with Crippen LogP contribution >= 0.6 is 0 Å². The highest BCUT2D eigenvalue weighted by atomic mass is 16.3. The summed E-state index contributed by atoms with van der Waals surface area (Å²) in [4.78, 5) is 2.50. The van der Waals surface area contributed by atoms with Gasteiger partial charge in [0.05, 0.1) is 6.10 Å². The number of aryl methyl sites for hydroxylation is 1. The smallest absolute Gasteiger partial charge is 0.0585 e. The lowest BCUT2D eigenvalue weighted by Gasteiger charge is -2.37. The molecule has 1 saturated carbocycles. The van der Waals surface area contributed by atoms with Crippen LogP contribution in [0.2, 0.25) is 0 Å². The number of hydrogen-bond acceptors (Lipinski definition) is 2. The Morgan fingerprint density at radius 2 is 1.94 bits per heavy atom. The molecule has 2 nitrogen and oxygen atoms in total. The van der Waals surface area contributed by atoms with Gasteiger partial charge in [-0.1, -0.05) is 31.0 Å². The maximum absolute atomic E-state index is 10.1. The van der Waals surface area contributed by atoms with Crippen LogP contribution in [0.15, 0.2) is 24.3 Å². The molecule has 0 spiro atoms. The average Bonchev–Trinajstić information content (AvgIpc) is 2.42. The first-order chi connectivity index (χ1) is 8.84. The lowest BCUT2D eigenvalue weighted by molar-refractivity contribution is 0.0729. The van der Waals surface area contributed by atoms with Crippen LogP contribution in [0.1, 0.15) is 37.7 Å². The highest BCUT2D eigenvalue weighted by Crippen LogP contribution is 2.31. The minimum atomic E-state index is -0.0761. The number of para-hydroxylation sites is 1. The second kappa shape index (κ2) is 5.31. The molecule has 0 radical (unpaired) electrons. The molecule has 1 aliphatic heterocycles. The number of rotatable bonds is 2. The van der Waals surface area contributed by atoms with Gasteiger partial charge in [-0.25, -0.2) is 0 Å². The summed E-state index contributed by atoms with van der Waals surface area (Å²) in [6, 6.07) is 8.76. The van der Waals surface area contributed by atoms with Crippen molar-refractivity contribution < 1.29 is 5.11 Å². The first-order valence-electron chi connectivity index (χ1n) is 7.35. The summed E-state index contributed by atoms with van der Waals surface area (Å²) < 4.78 is 0. The van der Waals surface area contributed by atoms with Crippen LogP contribution in [0.25, 0.3) is 0 Å². The molecule has 0 bridgehead atoms. The van der Waals surface area contributed by atoms with E-state index in [1.165, 1.54) is 43.4 Å². The molecule has 1 aromatic rings. The molecule has 18 heavy (non-hydrogen) atoms. The van der Waals surface area contributed by atoms with E-state index in [0.29, 0.717) is 5.92 Å². The predicted octanol–water partition coefficient (Wildman–Crippen LogP) is 2.99. The number of anilines is 1. The van der Waals surface area contributed by atoms with Crippen LogP contribution in [-0.2, 0) is 6.42 Å². The SMILES string of the molecule is OC1CCCCC1CN1CCCc2ccccc21. The lowest BCUT2D eigenvalue weighted by Crippen LogP contribution is -2.39. The number of benzene rings is 1. The lowest BCUT2D eigenvalue weighted by atomic mass is 9.85. The zero-order chi connectivity index (χ0) is 12.4. The third-order valence-electron chi connectivity index (χ3n) is 4.53. The molecule has 1 N–H and O–H groups in total. The van der Waals surface area contributed by atoms with E-state index in [1.807, 2.05) is 0 Å². The van der Waals surface area contributed by atoms with Gasteiger partial charge in [0.1, 0.15) is 0 Å². The molecule has 2 atom stereocenters. The van der Waals surface area contributed by atoms with Crippen molar-refractivity contribution in [1.29, 1.82) is 0 Å². The second-order valence-electron chi connectivity index (χ2n) is 5.79. The number of hydrogen-bond donors (Lipinski definition) is 1. The predicted molar refractivity (Wildman–Crippen MR) is 74.9 cm³/mol.